The van der Waals surface area contributed by atoms with Crippen molar-refractivity contribution in [1.29, 1.82) is 0 Å². The minimum Gasteiger partial charge on any atom is -0.370 e. The van der Waals surface area contributed by atoms with E-state index in [2.05, 4.69) is 39.3 Å². The summed E-state index contributed by atoms with van der Waals surface area (Å²) in [5, 5.41) is 3.36. The Labute approximate surface area is 171 Å². The van der Waals surface area contributed by atoms with Gasteiger partial charge in [-0.1, -0.05) is 31.2 Å². The number of aromatic nitrogens is 3. The summed E-state index contributed by atoms with van der Waals surface area (Å²) in [7, 11) is 0. The minimum atomic E-state index is 0.206. The van der Waals surface area contributed by atoms with Crippen molar-refractivity contribution in [3.8, 4) is 11.4 Å². The van der Waals surface area contributed by atoms with E-state index in [4.69, 9.17) is 0 Å². The normalized spacial score (nSPS) is 12.7. The first-order valence-corrected chi connectivity index (χ1v) is 10.1. The van der Waals surface area contributed by atoms with E-state index in [9.17, 15) is 4.79 Å². The second-order valence-corrected chi connectivity index (χ2v) is 7.21. The molecule has 2 aromatic heterocycles. The first-order chi connectivity index (χ1) is 14.2. The summed E-state index contributed by atoms with van der Waals surface area (Å²) in [6, 6.07) is 14.1. The quantitative estimate of drug-likeness (QED) is 0.624. The summed E-state index contributed by atoms with van der Waals surface area (Å²) in [6.07, 6.45) is 5.62. The van der Waals surface area contributed by atoms with Crippen LogP contribution in [0.4, 0.5) is 5.82 Å². The molecule has 1 aliphatic heterocycles. The Kier molecular flexibility index (Phi) is 5.79. The molecule has 1 amide bonds. The third-order valence-corrected chi connectivity index (χ3v) is 5.15. The number of rotatable bonds is 7. The molecule has 0 bridgehead atoms. The fourth-order valence-corrected chi connectivity index (χ4v) is 3.52. The first-order valence-electron chi connectivity index (χ1n) is 10.1. The summed E-state index contributed by atoms with van der Waals surface area (Å²) in [5.41, 5.74) is 4.45. The van der Waals surface area contributed by atoms with Crippen LogP contribution >= 0.6 is 0 Å². The molecule has 1 aliphatic rings. The number of anilines is 1. The Hall–Kier alpha value is -3.28. The van der Waals surface area contributed by atoms with E-state index in [1.165, 1.54) is 11.1 Å². The number of benzene rings is 1. The molecule has 0 saturated carbocycles. The lowest BCUT2D eigenvalue weighted by atomic mass is 10.1. The molecule has 1 N–H and O–H groups in total. The number of pyridine rings is 1. The van der Waals surface area contributed by atoms with Gasteiger partial charge in [0.2, 0.25) is 5.91 Å². The minimum absolute atomic E-state index is 0.206. The number of aryl methyl sites for hydroxylation is 1. The van der Waals surface area contributed by atoms with Crippen molar-refractivity contribution in [2.24, 2.45) is 0 Å². The maximum Gasteiger partial charge on any atom is 0.223 e. The predicted octanol–water partition coefficient (Wildman–Crippen LogP) is 3.84. The Balaban J connectivity index is 1.31. The highest BCUT2D eigenvalue weighted by atomic mass is 16.2. The van der Waals surface area contributed by atoms with Crippen LogP contribution < -0.4 is 5.32 Å². The molecule has 3 aromatic rings. The molecular formula is C23H25N5O. The van der Waals surface area contributed by atoms with Crippen LogP contribution in [0.15, 0.2) is 54.9 Å². The monoisotopic (exact) mass is 387 g/mol. The molecule has 6 nitrogen and oxygen atoms in total. The number of fused-ring (bicyclic) bond motifs is 1. The van der Waals surface area contributed by atoms with Gasteiger partial charge in [0.25, 0.3) is 0 Å². The van der Waals surface area contributed by atoms with E-state index in [0.717, 1.165) is 43.0 Å². The van der Waals surface area contributed by atoms with Gasteiger partial charge in [-0.2, -0.15) is 0 Å². The van der Waals surface area contributed by atoms with Gasteiger partial charge in [-0.15, -0.1) is 0 Å². The van der Waals surface area contributed by atoms with Crippen LogP contribution in [0.3, 0.4) is 0 Å². The molecule has 148 valence electrons. The maximum absolute atomic E-state index is 12.5. The molecule has 0 spiro atoms. The SMILES string of the molecule is CCc1cc(NCCCC(=O)N2Cc3ccccc3C2)nc(-c2ccncc2)n1. The highest BCUT2D eigenvalue weighted by molar-refractivity contribution is 5.77. The summed E-state index contributed by atoms with van der Waals surface area (Å²) in [5.74, 6) is 1.70. The third-order valence-electron chi connectivity index (χ3n) is 5.15. The van der Waals surface area contributed by atoms with Crippen molar-refractivity contribution in [3.05, 3.63) is 71.7 Å². The lowest BCUT2D eigenvalue weighted by molar-refractivity contribution is -0.131. The van der Waals surface area contributed by atoms with Crippen LogP contribution in [-0.4, -0.2) is 32.3 Å². The highest BCUT2D eigenvalue weighted by Gasteiger charge is 2.22. The molecule has 0 aliphatic carbocycles. The van der Waals surface area contributed by atoms with Gasteiger partial charge in [0.15, 0.2) is 5.82 Å². The molecular weight excluding hydrogens is 362 g/mol. The van der Waals surface area contributed by atoms with Crippen molar-refractivity contribution in [2.45, 2.75) is 39.3 Å². The van der Waals surface area contributed by atoms with Crippen molar-refractivity contribution < 1.29 is 4.79 Å². The molecule has 4 rings (SSSR count). The average molecular weight is 387 g/mol. The van der Waals surface area contributed by atoms with E-state index >= 15 is 0 Å². The Morgan fingerprint density at radius 2 is 1.79 bits per heavy atom. The summed E-state index contributed by atoms with van der Waals surface area (Å²) in [6.45, 7) is 4.23. The second kappa shape index (κ2) is 8.82. The van der Waals surface area contributed by atoms with Crippen molar-refractivity contribution in [1.82, 2.24) is 19.9 Å². The van der Waals surface area contributed by atoms with Gasteiger partial charge in [-0.3, -0.25) is 9.78 Å². The molecule has 0 unspecified atom stereocenters. The largest absolute Gasteiger partial charge is 0.370 e. The number of nitrogens with zero attached hydrogens (tertiary/aromatic N) is 4. The predicted molar refractivity (Wildman–Crippen MR) is 113 cm³/mol. The molecule has 29 heavy (non-hydrogen) atoms. The van der Waals surface area contributed by atoms with E-state index < -0.39 is 0 Å². The third kappa shape index (κ3) is 4.59. The van der Waals surface area contributed by atoms with Gasteiger partial charge in [-0.25, -0.2) is 9.97 Å². The first kappa shape index (κ1) is 19.1. The van der Waals surface area contributed by atoms with E-state index in [1.807, 2.05) is 35.2 Å². The lowest BCUT2D eigenvalue weighted by Crippen LogP contribution is -2.25. The Morgan fingerprint density at radius 3 is 2.48 bits per heavy atom. The topological polar surface area (TPSA) is 71.0 Å². The van der Waals surface area contributed by atoms with Crippen molar-refractivity contribution in [2.75, 3.05) is 11.9 Å². The molecule has 6 heteroatoms. The van der Waals surface area contributed by atoms with Gasteiger partial charge in [0, 0.05) is 55.8 Å². The zero-order valence-electron chi connectivity index (χ0n) is 16.6. The standard InChI is InChI=1S/C23H25N5O/c1-2-20-14-21(27-23(26-20)17-9-12-24-13-10-17)25-11-5-8-22(29)28-15-18-6-3-4-7-19(18)16-28/h3-4,6-7,9-10,12-14H,2,5,8,11,15-16H2,1H3,(H,25,26,27). The Bertz CT molecular complexity index is 965. The van der Waals surface area contributed by atoms with Crippen LogP contribution in [0.25, 0.3) is 11.4 Å². The fraction of sp³-hybridized carbons (Fsp3) is 0.304. The van der Waals surface area contributed by atoms with Crippen LogP contribution in [0.2, 0.25) is 0 Å². The Morgan fingerprint density at radius 1 is 1.07 bits per heavy atom. The molecule has 0 atom stereocenters. The second-order valence-electron chi connectivity index (χ2n) is 7.21. The van der Waals surface area contributed by atoms with Crippen LogP contribution in [0.5, 0.6) is 0 Å². The number of hydrogen-bond donors (Lipinski definition) is 1. The molecule has 3 heterocycles. The molecule has 0 radical (unpaired) electrons. The van der Waals surface area contributed by atoms with Gasteiger partial charge in [0.1, 0.15) is 5.82 Å². The number of hydrogen-bond acceptors (Lipinski definition) is 5. The van der Waals surface area contributed by atoms with Crippen LogP contribution in [0, 0.1) is 0 Å². The maximum atomic E-state index is 12.5. The number of carbonyl (C=O) groups excluding carboxylic acids is 1. The number of amides is 1. The van der Waals surface area contributed by atoms with E-state index in [-0.39, 0.29) is 5.91 Å². The van der Waals surface area contributed by atoms with E-state index in [1.54, 1.807) is 12.4 Å². The van der Waals surface area contributed by atoms with Gasteiger partial charge >= 0.3 is 0 Å². The highest BCUT2D eigenvalue weighted by Crippen LogP contribution is 2.23. The van der Waals surface area contributed by atoms with Gasteiger partial charge in [0.05, 0.1) is 0 Å². The average Bonchev–Trinajstić information content (AvgIpc) is 3.21. The zero-order valence-corrected chi connectivity index (χ0v) is 16.6. The fourth-order valence-electron chi connectivity index (χ4n) is 3.52. The smallest absolute Gasteiger partial charge is 0.223 e. The molecule has 1 aromatic carbocycles. The summed E-state index contributed by atoms with van der Waals surface area (Å²) < 4.78 is 0. The molecule has 0 saturated heterocycles. The zero-order chi connectivity index (χ0) is 20.1. The molecule has 0 fully saturated rings. The van der Waals surface area contributed by atoms with Crippen LogP contribution in [0.1, 0.15) is 36.6 Å². The lowest BCUT2D eigenvalue weighted by Gasteiger charge is -2.15. The van der Waals surface area contributed by atoms with Crippen LogP contribution in [-0.2, 0) is 24.3 Å². The van der Waals surface area contributed by atoms with Gasteiger partial charge < -0.3 is 10.2 Å². The van der Waals surface area contributed by atoms with Crippen molar-refractivity contribution in [3.63, 3.8) is 0 Å². The van der Waals surface area contributed by atoms with Gasteiger partial charge in [-0.05, 0) is 36.1 Å². The number of nitrogens with one attached hydrogen (secondary N) is 1. The van der Waals surface area contributed by atoms with E-state index in [0.29, 0.717) is 18.8 Å². The summed E-state index contributed by atoms with van der Waals surface area (Å²) in [4.78, 5) is 27.8. The number of carbonyl (C=O) groups is 1. The summed E-state index contributed by atoms with van der Waals surface area (Å²) >= 11 is 0. The van der Waals surface area contributed by atoms with Crippen molar-refractivity contribution >= 4 is 11.7 Å².